The van der Waals surface area contributed by atoms with Gasteiger partial charge < -0.3 is 10.5 Å². The summed E-state index contributed by atoms with van der Waals surface area (Å²) >= 11 is 3.04. The maximum atomic E-state index is 13.7. The van der Waals surface area contributed by atoms with Crippen LogP contribution in [0.3, 0.4) is 0 Å². The van der Waals surface area contributed by atoms with Crippen LogP contribution in [0.25, 0.3) is 0 Å². The largest absolute Gasteiger partial charge is 0.398 e. The molecular formula is C11H14BrFN2O3S. The zero-order chi connectivity index (χ0) is 14.0. The predicted molar refractivity (Wildman–Crippen MR) is 72.7 cm³/mol. The van der Waals surface area contributed by atoms with Crippen LogP contribution in [0.5, 0.6) is 0 Å². The molecule has 1 heterocycles. The van der Waals surface area contributed by atoms with E-state index in [1.54, 1.807) is 0 Å². The maximum absolute atomic E-state index is 13.7. The first-order valence-corrected chi connectivity index (χ1v) is 8.03. The fourth-order valence-corrected chi connectivity index (χ4v) is 3.31. The van der Waals surface area contributed by atoms with E-state index < -0.39 is 20.7 Å². The molecule has 1 aliphatic rings. The lowest BCUT2D eigenvalue weighted by molar-refractivity contribution is 0.114. The van der Waals surface area contributed by atoms with Gasteiger partial charge in [0.25, 0.3) is 0 Å². The molecule has 0 radical (unpaired) electrons. The number of nitrogen functional groups attached to an aromatic ring is 1. The Morgan fingerprint density at radius 3 is 2.89 bits per heavy atom. The van der Waals surface area contributed by atoms with Gasteiger partial charge in [-0.05, 0) is 40.9 Å². The van der Waals surface area contributed by atoms with E-state index in [4.69, 9.17) is 10.5 Å². The molecular weight excluding hydrogens is 339 g/mol. The van der Waals surface area contributed by atoms with Crippen LogP contribution in [-0.2, 0) is 14.8 Å². The van der Waals surface area contributed by atoms with Crippen molar-refractivity contribution in [3.8, 4) is 0 Å². The van der Waals surface area contributed by atoms with Crippen molar-refractivity contribution in [3.63, 3.8) is 0 Å². The maximum Gasteiger partial charge on any atom is 0.243 e. The van der Waals surface area contributed by atoms with E-state index in [9.17, 15) is 12.8 Å². The minimum atomic E-state index is -3.92. The highest BCUT2D eigenvalue weighted by Crippen LogP contribution is 2.26. The summed E-state index contributed by atoms with van der Waals surface area (Å²) in [6, 6.07) is 2.13. The Morgan fingerprint density at radius 1 is 1.53 bits per heavy atom. The van der Waals surface area contributed by atoms with E-state index in [1.165, 1.54) is 0 Å². The number of hydrogen-bond acceptors (Lipinski definition) is 4. The lowest BCUT2D eigenvalue weighted by atomic mass is 10.2. The molecule has 0 bridgehead atoms. The van der Waals surface area contributed by atoms with Gasteiger partial charge in [-0.25, -0.2) is 17.5 Å². The molecule has 1 unspecified atom stereocenters. The molecule has 1 aliphatic heterocycles. The number of sulfonamides is 1. The van der Waals surface area contributed by atoms with Crippen molar-refractivity contribution in [2.75, 3.05) is 18.9 Å². The van der Waals surface area contributed by atoms with Gasteiger partial charge in [-0.2, -0.15) is 0 Å². The fraction of sp³-hybridized carbons (Fsp3) is 0.455. The Labute approximate surface area is 119 Å². The minimum Gasteiger partial charge on any atom is -0.398 e. The van der Waals surface area contributed by atoms with Gasteiger partial charge in [0.05, 0.1) is 6.10 Å². The zero-order valence-corrected chi connectivity index (χ0v) is 12.4. The summed E-state index contributed by atoms with van der Waals surface area (Å²) in [7, 11) is -3.92. The van der Waals surface area contributed by atoms with E-state index in [1.807, 2.05) is 0 Å². The predicted octanol–water partition coefficient (Wildman–Crippen LogP) is 1.63. The molecule has 0 amide bonds. The molecule has 1 saturated heterocycles. The Kier molecular flexibility index (Phi) is 4.44. The van der Waals surface area contributed by atoms with Gasteiger partial charge >= 0.3 is 0 Å². The van der Waals surface area contributed by atoms with E-state index in [-0.39, 0.29) is 18.3 Å². The van der Waals surface area contributed by atoms with Crippen LogP contribution in [0.15, 0.2) is 21.5 Å². The van der Waals surface area contributed by atoms with Crippen molar-refractivity contribution in [2.24, 2.45) is 0 Å². The van der Waals surface area contributed by atoms with Crippen LogP contribution in [0.2, 0.25) is 0 Å². The highest BCUT2D eigenvalue weighted by molar-refractivity contribution is 9.10. The summed E-state index contributed by atoms with van der Waals surface area (Å²) in [5.74, 6) is -0.846. The average molecular weight is 353 g/mol. The molecule has 0 aromatic heterocycles. The molecule has 106 valence electrons. The third kappa shape index (κ3) is 3.44. The first kappa shape index (κ1) is 14.7. The number of rotatable bonds is 4. The second-order valence-corrected chi connectivity index (χ2v) is 6.88. The molecule has 19 heavy (non-hydrogen) atoms. The number of benzene rings is 1. The number of nitrogens with one attached hydrogen (secondary N) is 1. The second kappa shape index (κ2) is 5.74. The van der Waals surface area contributed by atoms with Crippen molar-refractivity contribution in [1.82, 2.24) is 4.72 Å². The van der Waals surface area contributed by atoms with Gasteiger partial charge in [0.2, 0.25) is 10.0 Å². The fourth-order valence-electron chi connectivity index (χ4n) is 1.84. The smallest absolute Gasteiger partial charge is 0.243 e. The van der Waals surface area contributed by atoms with Crippen LogP contribution in [0.4, 0.5) is 10.1 Å². The highest BCUT2D eigenvalue weighted by atomic mass is 79.9. The van der Waals surface area contributed by atoms with E-state index in [0.717, 1.165) is 25.0 Å². The zero-order valence-electron chi connectivity index (χ0n) is 10.0. The van der Waals surface area contributed by atoms with Crippen LogP contribution in [-0.4, -0.2) is 27.7 Å². The van der Waals surface area contributed by atoms with Gasteiger partial charge in [-0.15, -0.1) is 0 Å². The molecule has 0 aliphatic carbocycles. The Hall–Kier alpha value is -0.700. The molecule has 2 rings (SSSR count). The molecule has 8 heteroatoms. The van der Waals surface area contributed by atoms with Crippen LogP contribution < -0.4 is 10.5 Å². The van der Waals surface area contributed by atoms with E-state index in [2.05, 4.69) is 20.7 Å². The summed E-state index contributed by atoms with van der Waals surface area (Å²) in [5.41, 5.74) is 5.74. The molecule has 1 aromatic carbocycles. The van der Waals surface area contributed by atoms with Crippen molar-refractivity contribution < 1.29 is 17.5 Å². The normalized spacial score (nSPS) is 19.8. The monoisotopic (exact) mass is 352 g/mol. The molecule has 0 spiro atoms. The van der Waals surface area contributed by atoms with Crippen LogP contribution >= 0.6 is 15.9 Å². The molecule has 1 aromatic rings. The third-order valence-corrected chi connectivity index (χ3v) is 4.99. The summed E-state index contributed by atoms with van der Waals surface area (Å²) < 4.78 is 45.6. The van der Waals surface area contributed by atoms with E-state index >= 15 is 0 Å². The van der Waals surface area contributed by atoms with Gasteiger partial charge in [0, 0.05) is 23.3 Å². The van der Waals surface area contributed by atoms with Gasteiger partial charge in [-0.3, -0.25) is 0 Å². The number of anilines is 1. The number of ether oxygens (including phenoxy) is 1. The first-order valence-electron chi connectivity index (χ1n) is 5.76. The minimum absolute atomic E-state index is 0.137. The first-order chi connectivity index (χ1) is 8.90. The van der Waals surface area contributed by atoms with Crippen LogP contribution in [0, 0.1) is 5.82 Å². The third-order valence-electron chi connectivity index (χ3n) is 2.87. The summed E-state index contributed by atoms with van der Waals surface area (Å²) in [5, 5.41) is 0. The van der Waals surface area contributed by atoms with E-state index in [0.29, 0.717) is 11.1 Å². The number of nitrogens with two attached hydrogens (primary N) is 1. The standard InChI is InChI=1S/C11H14BrFN2O3S/c12-8-4-9(13)11(5-10(8)14)19(16,17)15-6-7-2-1-3-18-7/h4-5,7,15H,1-3,6,14H2. The Morgan fingerprint density at radius 2 is 2.26 bits per heavy atom. The molecule has 1 fully saturated rings. The highest BCUT2D eigenvalue weighted by Gasteiger charge is 2.23. The van der Waals surface area contributed by atoms with Gasteiger partial charge in [0.15, 0.2) is 0 Å². The summed E-state index contributed by atoms with van der Waals surface area (Å²) in [4.78, 5) is -0.453. The second-order valence-electron chi connectivity index (χ2n) is 4.29. The number of halogens is 2. The quantitative estimate of drug-likeness (QED) is 0.807. The summed E-state index contributed by atoms with van der Waals surface area (Å²) in [6.07, 6.45) is 1.56. The number of hydrogen-bond donors (Lipinski definition) is 2. The van der Waals surface area contributed by atoms with Crippen molar-refractivity contribution in [1.29, 1.82) is 0 Å². The summed E-state index contributed by atoms with van der Waals surface area (Å²) in [6.45, 7) is 0.768. The average Bonchev–Trinajstić information content (AvgIpc) is 2.84. The van der Waals surface area contributed by atoms with Crippen LogP contribution in [0.1, 0.15) is 12.8 Å². The SMILES string of the molecule is Nc1cc(S(=O)(=O)NCC2CCCO2)c(F)cc1Br. The van der Waals surface area contributed by atoms with Crippen molar-refractivity contribution >= 4 is 31.6 Å². The van der Waals surface area contributed by atoms with Gasteiger partial charge in [0.1, 0.15) is 10.7 Å². The lowest BCUT2D eigenvalue weighted by Crippen LogP contribution is -2.32. The lowest BCUT2D eigenvalue weighted by Gasteiger charge is -2.12. The Bertz CT molecular complexity index is 574. The Balaban J connectivity index is 2.16. The molecule has 0 saturated carbocycles. The molecule has 5 nitrogen and oxygen atoms in total. The van der Waals surface area contributed by atoms with Gasteiger partial charge in [-0.1, -0.05) is 0 Å². The topological polar surface area (TPSA) is 81.4 Å². The van der Waals surface area contributed by atoms with Crippen molar-refractivity contribution in [3.05, 3.63) is 22.4 Å². The van der Waals surface area contributed by atoms with Crippen molar-refractivity contribution in [2.45, 2.75) is 23.8 Å². The molecule has 1 atom stereocenters. The molecule has 3 N–H and O–H groups in total.